The molecule has 10 heteroatoms. The van der Waals surface area contributed by atoms with Gasteiger partial charge in [0.2, 0.25) is 0 Å². The van der Waals surface area contributed by atoms with Crippen LogP contribution in [0.15, 0.2) is 33.0 Å². The molecule has 0 aliphatic rings. The van der Waals surface area contributed by atoms with Crippen LogP contribution in [0.5, 0.6) is 5.19 Å². The van der Waals surface area contributed by atoms with E-state index < -0.39 is 11.5 Å². The molecule has 0 aliphatic heterocycles. The number of ether oxygens (including phenoxy) is 1. The Morgan fingerprint density at radius 3 is 2.86 bits per heavy atom. The van der Waals surface area contributed by atoms with Crippen molar-refractivity contribution in [1.29, 1.82) is 0 Å². The van der Waals surface area contributed by atoms with E-state index in [0.717, 1.165) is 9.36 Å². The maximum atomic E-state index is 13.8. The molecule has 0 N–H and O–H groups in total. The molecular weight excluding hydrogens is 377 g/mol. The van der Waals surface area contributed by atoms with E-state index in [1.54, 1.807) is 11.6 Å². The van der Waals surface area contributed by atoms with Gasteiger partial charge in [0, 0.05) is 24.2 Å². The maximum absolute atomic E-state index is 13.8. The second-order valence-corrected chi connectivity index (χ2v) is 5.89. The first-order valence-electron chi connectivity index (χ1n) is 6.06. The number of halogens is 2. The molecule has 22 heavy (non-hydrogen) atoms. The summed E-state index contributed by atoms with van der Waals surface area (Å²) in [7, 11) is 1.48. The van der Waals surface area contributed by atoms with Gasteiger partial charge in [-0.3, -0.25) is 0 Å². The van der Waals surface area contributed by atoms with Gasteiger partial charge in [0.25, 0.3) is 5.19 Å². The molecule has 2 aromatic heterocycles. The molecule has 3 rings (SSSR count). The zero-order valence-electron chi connectivity index (χ0n) is 11.2. The van der Waals surface area contributed by atoms with Crippen LogP contribution < -0.4 is 10.4 Å². The number of hydrogen-bond donors (Lipinski definition) is 0. The average Bonchev–Trinajstić information content (AvgIpc) is 3.13. The Bertz CT molecular complexity index is 861. The predicted octanol–water partition coefficient (Wildman–Crippen LogP) is 1.90. The van der Waals surface area contributed by atoms with E-state index in [0.29, 0.717) is 16.4 Å². The summed E-state index contributed by atoms with van der Waals surface area (Å²) in [6, 6.07) is 2.70. The zero-order chi connectivity index (χ0) is 15.7. The Labute approximate surface area is 136 Å². The molecule has 114 valence electrons. The van der Waals surface area contributed by atoms with Gasteiger partial charge in [-0.15, -0.1) is 0 Å². The van der Waals surface area contributed by atoms with E-state index in [-0.39, 0.29) is 11.1 Å². The molecule has 0 amide bonds. The zero-order valence-corrected chi connectivity index (χ0v) is 13.6. The van der Waals surface area contributed by atoms with Gasteiger partial charge in [-0.1, -0.05) is 11.3 Å². The highest BCUT2D eigenvalue weighted by molar-refractivity contribution is 9.10. The Kier molecular flexibility index (Phi) is 4.03. The van der Waals surface area contributed by atoms with E-state index in [4.69, 9.17) is 4.74 Å². The summed E-state index contributed by atoms with van der Waals surface area (Å²) in [5, 5.41) is 9.64. The van der Waals surface area contributed by atoms with Crippen LogP contribution in [0.25, 0.3) is 5.69 Å². The number of hydrogen-bond acceptors (Lipinski definition) is 6. The number of aromatic nitrogens is 5. The normalized spacial score (nSPS) is 10.9. The van der Waals surface area contributed by atoms with Crippen LogP contribution in [0.3, 0.4) is 0 Å². The molecule has 0 radical (unpaired) electrons. The smallest absolute Gasteiger partial charge is 0.368 e. The van der Waals surface area contributed by atoms with Crippen molar-refractivity contribution in [1.82, 2.24) is 24.8 Å². The molecule has 0 bridgehead atoms. The summed E-state index contributed by atoms with van der Waals surface area (Å²) in [5.41, 5.74) is 0.398. The molecule has 0 saturated heterocycles. The lowest BCUT2D eigenvalue weighted by Crippen LogP contribution is -2.23. The highest BCUT2D eigenvalue weighted by Crippen LogP contribution is 2.27. The molecule has 0 fully saturated rings. The lowest BCUT2D eigenvalue weighted by Gasteiger charge is -2.11. The second-order valence-electron chi connectivity index (χ2n) is 4.24. The van der Waals surface area contributed by atoms with Crippen molar-refractivity contribution in [3.05, 3.63) is 50.0 Å². The fourth-order valence-corrected chi connectivity index (χ4v) is 2.74. The molecule has 2 heterocycles. The molecule has 0 unspecified atom stereocenters. The topological polar surface area (TPSA) is 74.8 Å². The summed E-state index contributed by atoms with van der Waals surface area (Å²) in [5.74, 6) is -0.460. The monoisotopic (exact) mass is 385 g/mol. The third kappa shape index (κ3) is 2.66. The first-order chi connectivity index (χ1) is 10.6. The van der Waals surface area contributed by atoms with Gasteiger partial charge in [-0.2, -0.15) is 9.36 Å². The minimum absolute atomic E-state index is 0.0319. The van der Waals surface area contributed by atoms with Crippen molar-refractivity contribution in [3.63, 3.8) is 0 Å². The van der Waals surface area contributed by atoms with Gasteiger partial charge < -0.3 is 4.74 Å². The summed E-state index contributed by atoms with van der Waals surface area (Å²) in [4.78, 5) is 16.0. The van der Waals surface area contributed by atoms with Gasteiger partial charge in [-0.25, -0.2) is 14.2 Å². The first kappa shape index (κ1) is 14.9. The number of rotatable bonds is 4. The first-order valence-corrected chi connectivity index (χ1v) is 7.73. The molecule has 0 aliphatic carbocycles. The number of tetrazole rings is 1. The standard InChI is InChI=1S/C12H9BrFN5O2S/c1-18-12(20)19(17-16-18)9-3-2-8(14)10(13)7(9)6-21-11-15-4-5-22-11/h2-5H,6H2,1H3. The van der Waals surface area contributed by atoms with Gasteiger partial charge in [0.05, 0.1) is 10.2 Å². The Balaban J connectivity index is 2.04. The molecule has 0 spiro atoms. The average molecular weight is 386 g/mol. The van der Waals surface area contributed by atoms with Crippen molar-refractivity contribution < 1.29 is 9.13 Å². The van der Waals surface area contributed by atoms with E-state index in [9.17, 15) is 9.18 Å². The van der Waals surface area contributed by atoms with E-state index >= 15 is 0 Å². The van der Waals surface area contributed by atoms with Crippen LogP contribution in [0.4, 0.5) is 4.39 Å². The summed E-state index contributed by atoms with van der Waals surface area (Å²) in [6.07, 6.45) is 1.61. The van der Waals surface area contributed by atoms with Gasteiger partial charge in [-0.05, 0) is 38.5 Å². The minimum Gasteiger partial charge on any atom is -0.465 e. The van der Waals surface area contributed by atoms with Gasteiger partial charge in [0.15, 0.2) is 0 Å². The van der Waals surface area contributed by atoms with Gasteiger partial charge >= 0.3 is 5.69 Å². The minimum atomic E-state index is -0.460. The van der Waals surface area contributed by atoms with Crippen molar-refractivity contribution in [2.75, 3.05) is 0 Å². The van der Waals surface area contributed by atoms with Crippen molar-refractivity contribution >= 4 is 27.3 Å². The Morgan fingerprint density at radius 2 is 2.23 bits per heavy atom. The summed E-state index contributed by atoms with van der Waals surface area (Å²) < 4.78 is 21.7. The van der Waals surface area contributed by atoms with Crippen molar-refractivity contribution in [2.24, 2.45) is 7.05 Å². The number of nitrogens with zero attached hydrogens (tertiary/aromatic N) is 5. The fourth-order valence-electron chi connectivity index (χ4n) is 1.80. The SMILES string of the molecule is Cn1nnn(-c2ccc(F)c(Br)c2COc2nccs2)c1=O. The predicted molar refractivity (Wildman–Crippen MR) is 80.7 cm³/mol. The third-order valence-corrected chi connectivity index (χ3v) is 4.41. The fraction of sp³-hybridized carbons (Fsp3) is 0.167. The van der Waals surface area contributed by atoms with E-state index in [2.05, 4.69) is 31.3 Å². The van der Waals surface area contributed by atoms with Crippen molar-refractivity contribution in [3.8, 4) is 10.9 Å². The van der Waals surface area contributed by atoms with Crippen molar-refractivity contribution in [2.45, 2.75) is 6.61 Å². The van der Waals surface area contributed by atoms with Crippen LogP contribution in [0.2, 0.25) is 0 Å². The summed E-state index contributed by atoms with van der Waals surface area (Å²) in [6.45, 7) is 0.0319. The van der Waals surface area contributed by atoms with Crippen LogP contribution in [-0.4, -0.2) is 24.8 Å². The lowest BCUT2D eigenvalue weighted by molar-refractivity contribution is 0.302. The van der Waals surface area contributed by atoms with Gasteiger partial charge in [0.1, 0.15) is 12.4 Å². The van der Waals surface area contributed by atoms with E-state index in [1.807, 2.05) is 0 Å². The van der Waals surface area contributed by atoms with Crippen LogP contribution in [0.1, 0.15) is 5.56 Å². The molecule has 0 atom stereocenters. The molecule has 7 nitrogen and oxygen atoms in total. The molecule has 1 aromatic carbocycles. The number of aryl methyl sites for hydroxylation is 1. The van der Waals surface area contributed by atoms with Crippen LogP contribution >= 0.6 is 27.3 Å². The molecular formula is C12H9BrFN5O2S. The largest absolute Gasteiger partial charge is 0.465 e. The number of thiazole rings is 1. The number of benzene rings is 1. The molecule has 0 saturated carbocycles. The lowest BCUT2D eigenvalue weighted by atomic mass is 10.2. The highest BCUT2D eigenvalue weighted by Gasteiger charge is 2.17. The maximum Gasteiger partial charge on any atom is 0.368 e. The van der Waals surface area contributed by atoms with Crippen LogP contribution in [-0.2, 0) is 13.7 Å². The quantitative estimate of drug-likeness (QED) is 0.685. The molecule has 3 aromatic rings. The Hall–Kier alpha value is -2.07. The van der Waals surface area contributed by atoms with Crippen LogP contribution in [0, 0.1) is 5.82 Å². The third-order valence-electron chi connectivity index (χ3n) is 2.87. The Morgan fingerprint density at radius 1 is 1.41 bits per heavy atom. The highest BCUT2D eigenvalue weighted by atomic mass is 79.9. The second kappa shape index (κ2) is 5.97. The summed E-state index contributed by atoms with van der Waals surface area (Å²) >= 11 is 4.50. The van der Waals surface area contributed by atoms with E-state index in [1.165, 1.54) is 30.5 Å².